The van der Waals surface area contributed by atoms with Crippen LogP contribution in [0.25, 0.3) is 16.6 Å². The zero-order chi connectivity index (χ0) is 26.6. The van der Waals surface area contributed by atoms with Gasteiger partial charge in [-0.25, -0.2) is 4.98 Å². The largest absolute Gasteiger partial charge is 0.497 e. The molecular weight excluding hydrogens is 504 g/mol. The smallest absolute Gasteiger partial charge is 0.269 e. The molecule has 194 valence electrons. The van der Waals surface area contributed by atoms with Crippen molar-refractivity contribution >= 4 is 34.3 Å². The van der Waals surface area contributed by atoms with E-state index in [4.69, 9.17) is 9.72 Å². The summed E-state index contributed by atoms with van der Waals surface area (Å²) in [5.74, 6) is 0.987. The Morgan fingerprint density at radius 1 is 1.05 bits per heavy atom. The minimum Gasteiger partial charge on any atom is -0.497 e. The Morgan fingerprint density at radius 3 is 2.53 bits per heavy atom. The van der Waals surface area contributed by atoms with Crippen molar-refractivity contribution in [3.8, 4) is 11.4 Å². The van der Waals surface area contributed by atoms with E-state index in [1.54, 1.807) is 55.6 Å². The number of nitro benzene ring substituents is 1. The van der Waals surface area contributed by atoms with Gasteiger partial charge in [-0.1, -0.05) is 30.0 Å². The van der Waals surface area contributed by atoms with Crippen LogP contribution in [0, 0.1) is 10.1 Å². The normalized spacial score (nSPS) is 13.4. The lowest BCUT2D eigenvalue weighted by molar-refractivity contribution is -0.384. The number of methoxy groups -OCH3 is 1. The topological polar surface area (TPSA) is 108 Å². The van der Waals surface area contributed by atoms with E-state index in [2.05, 4.69) is 0 Å². The van der Waals surface area contributed by atoms with Gasteiger partial charge in [0.25, 0.3) is 17.2 Å². The number of amides is 1. The number of non-ortho nitro benzene ring substituents is 1. The van der Waals surface area contributed by atoms with E-state index in [1.165, 1.54) is 28.5 Å². The molecule has 1 fully saturated rings. The summed E-state index contributed by atoms with van der Waals surface area (Å²) < 4.78 is 6.90. The second-order valence-electron chi connectivity index (χ2n) is 9.03. The maximum atomic E-state index is 13.8. The number of aromatic nitrogens is 2. The third-order valence-corrected chi connectivity index (χ3v) is 7.57. The molecule has 38 heavy (non-hydrogen) atoms. The molecule has 0 atom stereocenters. The number of carbonyl (C=O) groups is 1. The maximum absolute atomic E-state index is 13.8. The van der Waals surface area contributed by atoms with Gasteiger partial charge < -0.3 is 9.64 Å². The number of benzene rings is 3. The number of hydrogen-bond donors (Lipinski definition) is 0. The lowest BCUT2D eigenvalue weighted by Crippen LogP contribution is -2.35. The molecule has 1 amide bonds. The van der Waals surface area contributed by atoms with Gasteiger partial charge in [-0.3, -0.25) is 24.3 Å². The molecule has 0 spiro atoms. The lowest BCUT2D eigenvalue weighted by Gasteiger charge is -2.26. The van der Waals surface area contributed by atoms with Crippen LogP contribution in [0.3, 0.4) is 0 Å². The van der Waals surface area contributed by atoms with E-state index in [-0.39, 0.29) is 17.2 Å². The van der Waals surface area contributed by atoms with Crippen molar-refractivity contribution in [2.24, 2.45) is 0 Å². The van der Waals surface area contributed by atoms with Crippen molar-refractivity contribution in [1.29, 1.82) is 0 Å². The quantitative estimate of drug-likeness (QED) is 0.139. The molecular formula is C28H26N4O5S. The van der Waals surface area contributed by atoms with E-state index < -0.39 is 4.92 Å². The number of thioether (sulfide) groups is 1. The van der Waals surface area contributed by atoms with Gasteiger partial charge in [0.2, 0.25) is 0 Å². The van der Waals surface area contributed by atoms with Crippen LogP contribution in [0.4, 0.5) is 5.69 Å². The number of nitro groups is 1. The van der Waals surface area contributed by atoms with Gasteiger partial charge in [0, 0.05) is 42.6 Å². The monoisotopic (exact) mass is 530 g/mol. The van der Waals surface area contributed by atoms with Crippen molar-refractivity contribution in [2.75, 3.05) is 20.2 Å². The highest BCUT2D eigenvalue weighted by Gasteiger charge is 2.20. The van der Waals surface area contributed by atoms with Crippen molar-refractivity contribution in [3.63, 3.8) is 0 Å². The third kappa shape index (κ3) is 5.26. The Labute approximate surface area is 223 Å². The minimum absolute atomic E-state index is 0.0155. The van der Waals surface area contributed by atoms with Crippen LogP contribution in [-0.2, 0) is 5.75 Å². The van der Waals surface area contributed by atoms with Gasteiger partial charge >= 0.3 is 0 Å². The van der Waals surface area contributed by atoms with Gasteiger partial charge in [-0.2, -0.15) is 0 Å². The molecule has 5 rings (SSSR count). The number of rotatable bonds is 7. The summed E-state index contributed by atoms with van der Waals surface area (Å²) in [6, 6.07) is 18.5. The van der Waals surface area contributed by atoms with Crippen LogP contribution in [0.2, 0.25) is 0 Å². The van der Waals surface area contributed by atoms with Crippen molar-refractivity contribution < 1.29 is 14.5 Å². The van der Waals surface area contributed by atoms with E-state index in [9.17, 15) is 19.7 Å². The second kappa shape index (κ2) is 11.1. The summed E-state index contributed by atoms with van der Waals surface area (Å²) in [7, 11) is 1.56. The van der Waals surface area contributed by atoms with Crippen LogP contribution in [0.1, 0.15) is 35.2 Å². The first-order valence-electron chi connectivity index (χ1n) is 12.3. The first-order valence-corrected chi connectivity index (χ1v) is 13.3. The highest BCUT2D eigenvalue weighted by Crippen LogP contribution is 2.27. The number of likely N-dealkylation sites (tertiary alicyclic amines) is 1. The summed E-state index contributed by atoms with van der Waals surface area (Å²) in [4.78, 5) is 44.1. The Bertz CT molecular complexity index is 1560. The van der Waals surface area contributed by atoms with Crippen LogP contribution in [0.5, 0.6) is 5.75 Å². The SMILES string of the molecule is COc1cccc(-n2c(SCc3ccc([N+](=O)[O-])cc3)nc3cc(C(=O)N4CCCCC4)ccc3c2=O)c1. The Hall–Kier alpha value is -4.18. The molecule has 0 N–H and O–H groups in total. The molecule has 1 aliphatic rings. The number of hydrogen-bond acceptors (Lipinski definition) is 7. The Balaban J connectivity index is 1.56. The molecule has 4 aromatic rings. The van der Waals surface area contributed by atoms with Gasteiger partial charge in [0.05, 0.1) is 28.6 Å². The van der Waals surface area contributed by atoms with Gasteiger partial charge in [0.1, 0.15) is 5.75 Å². The maximum Gasteiger partial charge on any atom is 0.269 e. The zero-order valence-electron chi connectivity index (χ0n) is 20.8. The zero-order valence-corrected chi connectivity index (χ0v) is 21.6. The highest BCUT2D eigenvalue weighted by atomic mass is 32.2. The number of fused-ring (bicyclic) bond motifs is 1. The number of nitrogens with zero attached hydrogens (tertiary/aromatic N) is 4. The molecule has 0 bridgehead atoms. The molecule has 10 heteroatoms. The van der Waals surface area contributed by atoms with Gasteiger partial charge in [-0.15, -0.1) is 0 Å². The summed E-state index contributed by atoms with van der Waals surface area (Å²) in [6.45, 7) is 1.47. The predicted molar refractivity (Wildman–Crippen MR) is 146 cm³/mol. The fourth-order valence-electron chi connectivity index (χ4n) is 4.51. The Morgan fingerprint density at radius 2 is 1.82 bits per heavy atom. The summed E-state index contributed by atoms with van der Waals surface area (Å²) in [6.07, 6.45) is 3.11. The predicted octanol–water partition coefficient (Wildman–Crippen LogP) is 5.22. The summed E-state index contributed by atoms with van der Waals surface area (Å²) in [5, 5.41) is 11.8. The number of piperidine rings is 1. The van der Waals surface area contributed by atoms with Crippen LogP contribution in [-0.4, -0.2) is 45.5 Å². The van der Waals surface area contributed by atoms with Crippen molar-refractivity contribution in [1.82, 2.24) is 14.5 Å². The molecule has 2 heterocycles. The minimum atomic E-state index is -0.439. The standard InChI is InChI=1S/C28H26N4O5S/c1-37-23-7-5-6-22(17-23)31-27(34)24-13-10-20(26(33)30-14-3-2-4-15-30)16-25(24)29-28(31)38-18-19-8-11-21(12-9-19)32(35)36/h5-13,16-17H,2-4,14-15,18H2,1H3. The fraction of sp³-hybridized carbons (Fsp3) is 0.250. The number of carbonyl (C=O) groups excluding carboxylic acids is 1. The average Bonchev–Trinajstić information content (AvgIpc) is 2.96. The van der Waals surface area contributed by atoms with E-state index in [0.717, 1.165) is 37.9 Å². The van der Waals surface area contributed by atoms with Crippen molar-refractivity contribution in [3.05, 3.63) is 98.3 Å². The highest BCUT2D eigenvalue weighted by molar-refractivity contribution is 7.98. The molecule has 0 saturated carbocycles. The molecule has 0 radical (unpaired) electrons. The van der Waals surface area contributed by atoms with Gasteiger partial charge in [-0.05, 0) is 55.2 Å². The average molecular weight is 531 g/mol. The van der Waals surface area contributed by atoms with Crippen LogP contribution >= 0.6 is 11.8 Å². The Kier molecular flexibility index (Phi) is 7.41. The fourth-order valence-corrected chi connectivity index (χ4v) is 5.48. The molecule has 3 aromatic carbocycles. The van der Waals surface area contributed by atoms with E-state index in [0.29, 0.717) is 38.8 Å². The van der Waals surface area contributed by atoms with E-state index in [1.807, 2.05) is 11.0 Å². The summed E-state index contributed by atoms with van der Waals surface area (Å²) >= 11 is 1.34. The molecule has 0 unspecified atom stereocenters. The van der Waals surface area contributed by atoms with E-state index >= 15 is 0 Å². The molecule has 0 aliphatic carbocycles. The molecule has 1 aromatic heterocycles. The van der Waals surface area contributed by atoms with Crippen LogP contribution in [0.15, 0.2) is 76.7 Å². The van der Waals surface area contributed by atoms with Gasteiger partial charge in [0.15, 0.2) is 5.16 Å². The van der Waals surface area contributed by atoms with Crippen molar-refractivity contribution in [2.45, 2.75) is 30.2 Å². The van der Waals surface area contributed by atoms with Crippen LogP contribution < -0.4 is 10.3 Å². The molecule has 1 aliphatic heterocycles. The molecule has 9 nitrogen and oxygen atoms in total. The second-order valence-corrected chi connectivity index (χ2v) is 9.98. The first kappa shape index (κ1) is 25.5. The lowest BCUT2D eigenvalue weighted by atomic mass is 10.1. The first-order chi connectivity index (χ1) is 18.4. The molecule has 1 saturated heterocycles. The number of ether oxygens (including phenoxy) is 1. The third-order valence-electron chi connectivity index (χ3n) is 6.56. The summed E-state index contributed by atoms with van der Waals surface area (Å²) in [5.41, 5.74) is 2.16.